The van der Waals surface area contributed by atoms with Crippen LogP contribution in [0.1, 0.15) is 36.5 Å². The number of amides is 1. The van der Waals surface area contributed by atoms with E-state index in [-0.39, 0.29) is 5.91 Å². The molecule has 0 aromatic heterocycles. The van der Waals surface area contributed by atoms with Crippen LogP contribution >= 0.6 is 28.6 Å². The second-order valence-electron chi connectivity index (χ2n) is 5.04. The van der Waals surface area contributed by atoms with Gasteiger partial charge in [-0.15, -0.1) is 12.6 Å². The Kier molecular flexibility index (Phi) is 4.73. The Morgan fingerprint density at radius 3 is 2.94 bits per heavy atom. The molecule has 18 heavy (non-hydrogen) atoms. The number of halogens is 1. The fourth-order valence-electron chi connectivity index (χ4n) is 2.53. The number of carbonyl (C=O) groups excluding carboxylic acids is 1. The van der Waals surface area contributed by atoms with Gasteiger partial charge in [0.05, 0.1) is 5.56 Å². The molecule has 2 unspecified atom stereocenters. The number of carbonyl (C=O) groups is 1. The lowest BCUT2D eigenvalue weighted by atomic mass is 9.98. The Morgan fingerprint density at radius 2 is 2.28 bits per heavy atom. The Labute approximate surface area is 122 Å². The minimum atomic E-state index is -0.0168. The molecular formula is C14H18BrNOS. The smallest absolute Gasteiger partial charge is 0.252 e. The molecule has 1 aliphatic rings. The van der Waals surface area contributed by atoms with Crippen molar-refractivity contribution in [3.8, 4) is 0 Å². The van der Waals surface area contributed by atoms with Crippen molar-refractivity contribution >= 4 is 34.5 Å². The summed E-state index contributed by atoms with van der Waals surface area (Å²) in [6, 6.07) is 5.51. The SMILES string of the molecule is CC1CCCC1CNC(=O)c1cc(S)ccc1Br. The molecule has 1 aromatic rings. The highest BCUT2D eigenvalue weighted by Crippen LogP contribution is 2.30. The summed E-state index contributed by atoms with van der Waals surface area (Å²) in [5, 5.41) is 3.04. The van der Waals surface area contributed by atoms with Crippen molar-refractivity contribution in [1.29, 1.82) is 0 Å². The van der Waals surface area contributed by atoms with E-state index in [4.69, 9.17) is 0 Å². The lowest BCUT2D eigenvalue weighted by molar-refractivity contribution is 0.0943. The first kappa shape index (κ1) is 13.9. The molecule has 0 bridgehead atoms. The lowest BCUT2D eigenvalue weighted by Gasteiger charge is -2.16. The average molecular weight is 328 g/mol. The Balaban J connectivity index is 1.97. The molecular weight excluding hydrogens is 310 g/mol. The van der Waals surface area contributed by atoms with Crippen LogP contribution in [0.5, 0.6) is 0 Å². The maximum atomic E-state index is 12.1. The van der Waals surface area contributed by atoms with Crippen LogP contribution in [0.4, 0.5) is 0 Å². The highest BCUT2D eigenvalue weighted by atomic mass is 79.9. The van der Waals surface area contributed by atoms with Crippen molar-refractivity contribution in [2.75, 3.05) is 6.54 Å². The van der Waals surface area contributed by atoms with Crippen LogP contribution in [0.25, 0.3) is 0 Å². The van der Waals surface area contributed by atoms with Crippen molar-refractivity contribution in [2.45, 2.75) is 31.1 Å². The molecule has 1 amide bonds. The fourth-order valence-corrected chi connectivity index (χ4v) is 3.16. The molecule has 0 spiro atoms. The monoisotopic (exact) mass is 327 g/mol. The molecule has 1 aliphatic carbocycles. The highest BCUT2D eigenvalue weighted by Gasteiger charge is 2.23. The van der Waals surface area contributed by atoms with E-state index in [9.17, 15) is 4.79 Å². The summed E-state index contributed by atoms with van der Waals surface area (Å²) < 4.78 is 0.817. The molecule has 0 saturated heterocycles. The topological polar surface area (TPSA) is 29.1 Å². The van der Waals surface area contributed by atoms with Gasteiger partial charge in [-0.2, -0.15) is 0 Å². The van der Waals surface area contributed by atoms with Gasteiger partial charge >= 0.3 is 0 Å². The second-order valence-corrected chi connectivity index (χ2v) is 6.41. The predicted molar refractivity (Wildman–Crippen MR) is 80.2 cm³/mol. The summed E-state index contributed by atoms with van der Waals surface area (Å²) in [5.74, 6) is 1.34. The number of nitrogens with one attached hydrogen (secondary N) is 1. The number of hydrogen-bond donors (Lipinski definition) is 2. The molecule has 0 radical (unpaired) electrons. The molecule has 0 aliphatic heterocycles. The Bertz CT molecular complexity index is 449. The number of hydrogen-bond acceptors (Lipinski definition) is 2. The summed E-state index contributed by atoms with van der Waals surface area (Å²) in [7, 11) is 0. The number of thiol groups is 1. The third-order valence-electron chi connectivity index (χ3n) is 3.76. The fraction of sp³-hybridized carbons (Fsp3) is 0.500. The van der Waals surface area contributed by atoms with E-state index in [0.717, 1.165) is 21.8 Å². The summed E-state index contributed by atoms with van der Waals surface area (Å²) in [6.45, 7) is 3.05. The van der Waals surface area contributed by atoms with Crippen molar-refractivity contribution in [1.82, 2.24) is 5.32 Å². The van der Waals surface area contributed by atoms with Crippen molar-refractivity contribution in [3.05, 3.63) is 28.2 Å². The van der Waals surface area contributed by atoms with Gasteiger partial charge in [-0.25, -0.2) is 0 Å². The standard InChI is InChI=1S/C14H18BrNOS/c1-9-3-2-4-10(9)8-16-14(17)12-7-11(18)5-6-13(12)15/h5-7,9-10,18H,2-4,8H2,1H3,(H,16,17). The van der Waals surface area contributed by atoms with Crippen LogP contribution in [0.2, 0.25) is 0 Å². The molecule has 1 N–H and O–H groups in total. The van der Waals surface area contributed by atoms with Gasteiger partial charge in [0.2, 0.25) is 0 Å². The molecule has 98 valence electrons. The van der Waals surface area contributed by atoms with Crippen LogP contribution in [-0.2, 0) is 0 Å². The van der Waals surface area contributed by atoms with Gasteiger partial charge in [-0.1, -0.05) is 19.8 Å². The summed E-state index contributed by atoms with van der Waals surface area (Å²) >= 11 is 7.67. The van der Waals surface area contributed by atoms with E-state index in [0.29, 0.717) is 11.5 Å². The molecule has 1 fully saturated rings. The maximum absolute atomic E-state index is 12.1. The zero-order valence-electron chi connectivity index (χ0n) is 10.4. The van der Waals surface area contributed by atoms with Gasteiger partial charge in [-0.05, 0) is 52.4 Å². The van der Waals surface area contributed by atoms with Crippen LogP contribution in [-0.4, -0.2) is 12.5 Å². The lowest BCUT2D eigenvalue weighted by Crippen LogP contribution is -2.30. The van der Waals surface area contributed by atoms with E-state index in [1.165, 1.54) is 19.3 Å². The predicted octanol–water partition coefficient (Wildman–Crippen LogP) is 3.90. The molecule has 1 aromatic carbocycles. The van der Waals surface area contributed by atoms with Crippen molar-refractivity contribution in [3.63, 3.8) is 0 Å². The first-order valence-electron chi connectivity index (χ1n) is 6.34. The van der Waals surface area contributed by atoms with Crippen molar-refractivity contribution < 1.29 is 4.79 Å². The van der Waals surface area contributed by atoms with Crippen LogP contribution in [0, 0.1) is 11.8 Å². The zero-order chi connectivity index (χ0) is 13.1. The van der Waals surface area contributed by atoms with E-state index < -0.39 is 0 Å². The van der Waals surface area contributed by atoms with Gasteiger partial charge < -0.3 is 5.32 Å². The molecule has 2 rings (SSSR count). The Morgan fingerprint density at radius 1 is 1.50 bits per heavy atom. The third kappa shape index (κ3) is 3.29. The maximum Gasteiger partial charge on any atom is 0.252 e. The van der Waals surface area contributed by atoms with E-state index in [1.807, 2.05) is 12.1 Å². The third-order valence-corrected chi connectivity index (χ3v) is 4.73. The molecule has 2 nitrogen and oxygen atoms in total. The van der Waals surface area contributed by atoms with Gasteiger partial charge in [0.25, 0.3) is 5.91 Å². The quantitative estimate of drug-likeness (QED) is 0.810. The highest BCUT2D eigenvalue weighted by molar-refractivity contribution is 9.10. The van der Waals surface area contributed by atoms with Gasteiger partial charge in [-0.3, -0.25) is 4.79 Å². The first-order chi connectivity index (χ1) is 8.58. The van der Waals surface area contributed by atoms with Crippen molar-refractivity contribution in [2.24, 2.45) is 11.8 Å². The second kappa shape index (κ2) is 6.11. The van der Waals surface area contributed by atoms with Gasteiger partial charge in [0, 0.05) is 15.9 Å². The van der Waals surface area contributed by atoms with E-state index >= 15 is 0 Å². The Hall–Kier alpha value is -0.480. The largest absolute Gasteiger partial charge is 0.352 e. The van der Waals surface area contributed by atoms with Crippen LogP contribution in [0.3, 0.4) is 0 Å². The molecule has 2 atom stereocenters. The van der Waals surface area contributed by atoms with Gasteiger partial charge in [0.15, 0.2) is 0 Å². The average Bonchev–Trinajstić information content (AvgIpc) is 2.75. The van der Waals surface area contributed by atoms with E-state index in [2.05, 4.69) is 40.8 Å². The molecule has 0 heterocycles. The zero-order valence-corrected chi connectivity index (χ0v) is 12.9. The summed E-state index contributed by atoms with van der Waals surface area (Å²) in [4.78, 5) is 12.9. The normalized spacial score (nSPS) is 23.1. The van der Waals surface area contributed by atoms with Crippen LogP contribution < -0.4 is 5.32 Å². The number of rotatable bonds is 3. The molecule has 1 saturated carbocycles. The molecule has 4 heteroatoms. The van der Waals surface area contributed by atoms with Crippen LogP contribution in [0.15, 0.2) is 27.6 Å². The number of benzene rings is 1. The minimum Gasteiger partial charge on any atom is -0.352 e. The minimum absolute atomic E-state index is 0.0168. The van der Waals surface area contributed by atoms with Gasteiger partial charge in [0.1, 0.15) is 0 Å². The summed E-state index contributed by atoms with van der Waals surface area (Å²) in [5.41, 5.74) is 0.660. The summed E-state index contributed by atoms with van der Waals surface area (Å²) in [6.07, 6.45) is 3.81. The van der Waals surface area contributed by atoms with E-state index in [1.54, 1.807) is 6.07 Å². The first-order valence-corrected chi connectivity index (χ1v) is 7.58.